The van der Waals surface area contributed by atoms with Crippen LogP contribution in [-0.2, 0) is 4.79 Å². The molecule has 3 rings (SSSR count). The fourth-order valence-corrected chi connectivity index (χ4v) is 4.13. The molecule has 172 valence electrons. The minimum atomic E-state index is -0.502. The van der Waals surface area contributed by atoms with E-state index in [9.17, 15) is 14.0 Å². The Bertz CT molecular complexity index is 912. The molecule has 0 saturated carbocycles. The lowest BCUT2D eigenvalue weighted by molar-refractivity contribution is -0.120. The summed E-state index contributed by atoms with van der Waals surface area (Å²) in [6.45, 7) is 4.72. The molecular weight excluding hydrogens is 431 g/mol. The highest BCUT2D eigenvalue weighted by molar-refractivity contribution is 6.33. The summed E-state index contributed by atoms with van der Waals surface area (Å²) >= 11 is 5.88. The first-order chi connectivity index (χ1) is 15.4. The van der Waals surface area contributed by atoms with Gasteiger partial charge in [0.1, 0.15) is 5.82 Å². The average Bonchev–Trinajstić information content (AvgIpc) is 2.78. The maximum Gasteiger partial charge on any atom is 0.252 e. The summed E-state index contributed by atoms with van der Waals surface area (Å²) in [5, 5.41) is 5.60. The van der Waals surface area contributed by atoms with Gasteiger partial charge in [0.25, 0.3) is 5.91 Å². The van der Waals surface area contributed by atoms with Crippen molar-refractivity contribution in [2.45, 2.75) is 18.9 Å². The zero-order valence-electron chi connectivity index (χ0n) is 18.3. The molecule has 0 bridgehead atoms. The number of benzene rings is 2. The molecule has 32 heavy (non-hydrogen) atoms. The van der Waals surface area contributed by atoms with E-state index in [-0.39, 0.29) is 29.5 Å². The molecule has 1 aliphatic heterocycles. The summed E-state index contributed by atoms with van der Waals surface area (Å²) in [7, 11) is 2.15. The normalized spacial score (nSPS) is 17.2. The van der Waals surface area contributed by atoms with Crippen LogP contribution in [0.15, 0.2) is 48.5 Å². The monoisotopic (exact) mass is 460 g/mol. The Kier molecular flexibility index (Phi) is 9.02. The second-order valence-electron chi connectivity index (χ2n) is 8.06. The fraction of sp³-hybridized carbons (Fsp3) is 0.417. The van der Waals surface area contributed by atoms with E-state index in [2.05, 4.69) is 51.7 Å². The van der Waals surface area contributed by atoms with Gasteiger partial charge in [-0.15, -0.1) is 0 Å². The summed E-state index contributed by atoms with van der Waals surface area (Å²) in [5.74, 6) is -1.05. The number of hydrogen-bond acceptors (Lipinski definition) is 4. The van der Waals surface area contributed by atoms with Crippen molar-refractivity contribution in [2.75, 3.05) is 46.3 Å². The van der Waals surface area contributed by atoms with Gasteiger partial charge in [-0.2, -0.15) is 0 Å². The summed E-state index contributed by atoms with van der Waals surface area (Å²) in [5.41, 5.74) is 1.51. The lowest BCUT2D eigenvalue weighted by Gasteiger charge is -2.40. The van der Waals surface area contributed by atoms with E-state index >= 15 is 0 Å². The van der Waals surface area contributed by atoms with Gasteiger partial charge >= 0.3 is 0 Å². The Morgan fingerprint density at radius 3 is 2.62 bits per heavy atom. The lowest BCUT2D eigenvalue weighted by Crippen LogP contribution is -2.47. The Hall–Kier alpha value is -2.48. The van der Waals surface area contributed by atoms with Crippen LogP contribution in [-0.4, -0.2) is 67.9 Å². The van der Waals surface area contributed by atoms with E-state index < -0.39 is 11.7 Å². The lowest BCUT2D eigenvalue weighted by atomic mass is 10.0. The van der Waals surface area contributed by atoms with E-state index in [1.165, 1.54) is 17.7 Å². The van der Waals surface area contributed by atoms with Crippen molar-refractivity contribution in [2.24, 2.45) is 0 Å². The van der Waals surface area contributed by atoms with Gasteiger partial charge in [-0.05, 0) is 37.2 Å². The van der Waals surface area contributed by atoms with Gasteiger partial charge in [0, 0.05) is 51.7 Å². The van der Waals surface area contributed by atoms with Crippen molar-refractivity contribution in [3.05, 3.63) is 70.5 Å². The summed E-state index contributed by atoms with van der Waals surface area (Å²) in [6, 6.07) is 14.5. The number of rotatable bonds is 9. The largest absolute Gasteiger partial charge is 0.356 e. The van der Waals surface area contributed by atoms with E-state index in [1.807, 2.05) is 6.07 Å². The van der Waals surface area contributed by atoms with Crippen LogP contribution in [0.3, 0.4) is 0 Å². The minimum Gasteiger partial charge on any atom is -0.356 e. The van der Waals surface area contributed by atoms with Crippen LogP contribution < -0.4 is 10.6 Å². The van der Waals surface area contributed by atoms with Gasteiger partial charge in [-0.3, -0.25) is 14.5 Å². The fourth-order valence-electron chi connectivity index (χ4n) is 3.87. The zero-order chi connectivity index (χ0) is 22.9. The highest BCUT2D eigenvalue weighted by atomic mass is 35.5. The molecule has 2 amide bonds. The number of carbonyl (C=O) groups is 2. The Balaban J connectivity index is 1.36. The van der Waals surface area contributed by atoms with Gasteiger partial charge < -0.3 is 15.5 Å². The second-order valence-corrected chi connectivity index (χ2v) is 8.47. The van der Waals surface area contributed by atoms with Gasteiger partial charge in [-0.25, -0.2) is 4.39 Å². The third-order valence-electron chi connectivity index (χ3n) is 5.64. The summed E-state index contributed by atoms with van der Waals surface area (Å²) < 4.78 is 13.1. The Morgan fingerprint density at radius 1 is 1.09 bits per heavy atom. The van der Waals surface area contributed by atoms with Gasteiger partial charge in [-0.1, -0.05) is 41.9 Å². The number of nitrogens with zero attached hydrogens (tertiary/aromatic N) is 2. The van der Waals surface area contributed by atoms with Crippen LogP contribution >= 0.6 is 11.6 Å². The van der Waals surface area contributed by atoms with Crippen LogP contribution in [0, 0.1) is 5.82 Å². The number of likely N-dealkylation sites (N-methyl/N-ethyl adjacent to an activating group) is 1. The molecule has 1 unspecified atom stereocenters. The number of halogens is 2. The van der Waals surface area contributed by atoms with Gasteiger partial charge in [0.15, 0.2) is 0 Å². The first-order valence-corrected chi connectivity index (χ1v) is 11.3. The molecule has 1 atom stereocenters. The molecule has 8 heteroatoms. The van der Waals surface area contributed by atoms with E-state index in [0.29, 0.717) is 12.6 Å². The maximum atomic E-state index is 13.1. The molecule has 0 aliphatic carbocycles. The predicted octanol–water partition coefficient (Wildman–Crippen LogP) is 3.09. The number of hydrogen-bond donors (Lipinski definition) is 2. The Labute approximate surface area is 193 Å². The zero-order valence-corrected chi connectivity index (χ0v) is 19.1. The topological polar surface area (TPSA) is 64.7 Å². The van der Waals surface area contributed by atoms with E-state index in [4.69, 9.17) is 11.6 Å². The molecule has 0 aromatic heterocycles. The number of piperazine rings is 1. The molecule has 1 saturated heterocycles. The van der Waals surface area contributed by atoms with Crippen LogP contribution in [0.1, 0.15) is 34.8 Å². The van der Waals surface area contributed by atoms with Crippen LogP contribution in [0.5, 0.6) is 0 Å². The SMILES string of the molecule is CN1CCN(CCCNC(=O)CCNC(=O)c2ccc(F)cc2Cl)C(c2ccccc2)C1. The van der Waals surface area contributed by atoms with Crippen molar-refractivity contribution < 1.29 is 14.0 Å². The molecular formula is C24H30ClFN4O2. The molecule has 1 heterocycles. The third-order valence-corrected chi connectivity index (χ3v) is 5.95. The standard InChI is InChI=1S/C24H30ClFN4O2/c1-29-14-15-30(22(17-29)18-6-3-2-4-7-18)13-5-11-27-23(31)10-12-28-24(32)20-9-8-19(26)16-21(20)25/h2-4,6-9,16,22H,5,10-15,17H2,1H3,(H,27,31)(H,28,32). The van der Waals surface area contributed by atoms with Crippen LogP contribution in [0.25, 0.3) is 0 Å². The molecule has 2 aromatic carbocycles. The van der Waals surface area contributed by atoms with Gasteiger partial charge in [0.2, 0.25) is 5.91 Å². The van der Waals surface area contributed by atoms with Crippen molar-refractivity contribution in [1.82, 2.24) is 20.4 Å². The quantitative estimate of drug-likeness (QED) is 0.564. The number of nitrogens with one attached hydrogen (secondary N) is 2. The molecule has 2 N–H and O–H groups in total. The predicted molar refractivity (Wildman–Crippen MR) is 124 cm³/mol. The smallest absolute Gasteiger partial charge is 0.252 e. The highest BCUT2D eigenvalue weighted by Crippen LogP contribution is 2.24. The van der Waals surface area contributed by atoms with Crippen molar-refractivity contribution >= 4 is 23.4 Å². The van der Waals surface area contributed by atoms with Crippen LogP contribution in [0.2, 0.25) is 5.02 Å². The summed E-state index contributed by atoms with van der Waals surface area (Å²) in [4.78, 5) is 29.0. The first kappa shape index (κ1) is 24.2. The molecule has 0 radical (unpaired) electrons. The maximum absolute atomic E-state index is 13.1. The molecule has 2 aromatic rings. The van der Waals surface area contributed by atoms with Crippen molar-refractivity contribution in [3.8, 4) is 0 Å². The molecule has 0 spiro atoms. The number of amides is 2. The highest BCUT2D eigenvalue weighted by Gasteiger charge is 2.25. The summed E-state index contributed by atoms with van der Waals surface area (Å²) in [6.07, 6.45) is 1.03. The van der Waals surface area contributed by atoms with Gasteiger partial charge in [0.05, 0.1) is 10.6 Å². The average molecular weight is 461 g/mol. The number of carbonyl (C=O) groups excluding carboxylic acids is 2. The Morgan fingerprint density at radius 2 is 1.88 bits per heavy atom. The molecule has 6 nitrogen and oxygen atoms in total. The third kappa shape index (κ3) is 7.02. The molecule has 1 fully saturated rings. The minimum absolute atomic E-state index is 0.0460. The van der Waals surface area contributed by atoms with Crippen LogP contribution in [0.4, 0.5) is 4.39 Å². The van der Waals surface area contributed by atoms with Crippen molar-refractivity contribution in [3.63, 3.8) is 0 Å². The van der Waals surface area contributed by atoms with Crippen molar-refractivity contribution in [1.29, 1.82) is 0 Å². The van der Waals surface area contributed by atoms with E-state index in [1.54, 1.807) is 0 Å². The second kappa shape index (κ2) is 11.9. The first-order valence-electron chi connectivity index (χ1n) is 10.9. The molecule has 1 aliphatic rings. The van der Waals surface area contributed by atoms with E-state index in [0.717, 1.165) is 38.7 Å².